The van der Waals surface area contributed by atoms with E-state index < -0.39 is 5.97 Å². The molecule has 126 valence electrons. The zero-order valence-electron chi connectivity index (χ0n) is 13.4. The highest BCUT2D eigenvalue weighted by Crippen LogP contribution is 2.31. The number of carbonyl (C=O) groups excluding carboxylic acids is 1. The molecule has 0 unspecified atom stereocenters. The molecule has 0 saturated carbocycles. The van der Waals surface area contributed by atoms with Crippen LogP contribution in [0.2, 0.25) is 5.02 Å². The van der Waals surface area contributed by atoms with E-state index in [0.717, 1.165) is 16.9 Å². The second kappa shape index (κ2) is 8.15. The topological polar surface area (TPSA) is 88.1 Å². The highest BCUT2D eigenvalue weighted by molar-refractivity contribution is 7.18. The van der Waals surface area contributed by atoms with Gasteiger partial charge in [0.05, 0.1) is 12.2 Å². The second-order valence-electron chi connectivity index (χ2n) is 5.14. The van der Waals surface area contributed by atoms with Crippen molar-refractivity contribution in [2.75, 3.05) is 12.3 Å². The number of benzene rings is 1. The van der Waals surface area contributed by atoms with Gasteiger partial charge in [-0.2, -0.15) is 5.26 Å². The lowest BCUT2D eigenvalue weighted by Gasteiger charge is -2.15. The Morgan fingerprint density at radius 1 is 1.46 bits per heavy atom. The van der Waals surface area contributed by atoms with Gasteiger partial charge in [0.2, 0.25) is 0 Å². The maximum absolute atomic E-state index is 12.1. The Bertz CT molecular complexity index is 765. The molecule has 0 aliphatic carbocycles. The number of anilines is 1. The van der Waals surface area contributed by atoms with Crippen molar-refractivity contribution in [1.29, 1.82) is 5.26 Å². The highest BCUT2D eigenvalue weighted by atomic mass is 35.5. The van der Waals surface area contributed by atoms with E-state index >= 15 is 0 Å². The number of nitriles is 1. The predicted octanol–water partition coefficient (Wildman–Crippen LogP) is 3.88. The van der Waals surface area contributed by atoms with Crippen LogP contribution in [-0.2, 0) is 11.3 Å². The summed E-state index contributed by atoms with van der Waals surface area (Å²) in [5.74, 6) is -0.452. The highest BCUT2D eigenvalue weighted by Gasteiger charge is 2.23. The maximum Gasteiger partial charge on any atom is 0.348 e. The molecule has 1 atom stereocenters. The fourth-order valence-corrected chi connectivity index (χ4v) is 3.32. The van der Waals surface area contributed by atoms with Crippen molar-refractivity contribution >= 4 is 33.9 Å². The van der Waals surface area contributed by atoms with Crippen LogP contribution < -0.4 is 11.1 Å². The average Bonchev–Trinajstić information content (AvgIpc) is 2.89. The van der Waals surface area contributed by atoms with Crippen LogP contribution in [0.4, 0.5) is 5.00 Å². The molecule has 2 rings (SSSR count). The van der Waals surface area contributed by atoms with Gasteiger partial charge in [0.25, 0.3) is 0 Å². The lowest BCUT2D eigenvalue weighted by Crippen LogP contribution is -2.20. The molecule has 1 aromatic heterocycles. The Morgan fingerprint density at radius 2 is 2.12 bits per heavy atom. The number of nitrogens with one attached hydrogen (secondary N) is 1. The third-order valence-corrected chi connectivity index (χ3v) is 4.86. The van der Waals surface area contributed by atoms with Crippen molar-refractivity contribution in [2.45, 2.75) is 26.4 Å². The molecule has 5 nitrogen and oxygen atoms in total. The summed E-state index contributed by atoms with van der Waals surface area (Å²) in [4.78, 5) is 12.5. The molecule has 0 bridgehead atoms. The first kappa shape index (κ1) is 18.3. The molecule has 2 aromatic rings. The number of nitrogen functional groups attached to an aromatic ring is 1. The number of thiophene rings is 1. The number of ether oxygens (including phenoxy) is 1. The Hall–Kier alpha value is -2.07. The lowest BCUT2D eigenvalue weighted by atomic mass is 10.1. The molecule has 0 aliphatic heterocycles. The van der Waals surface area contributed by atoms with Crippen LogP contribution in [0.1, 0.15) is 46.3 Å². The first-order valence-electron chi connectivity index (χ1n) is 7.45. The van der Waals surface area contributed by atoms with Gasteiger partial charge in [-0.3, -0.25) is 0 Å². The van der Waals surface area contributed by atoms with Crippen LogP contribution in [0.5, 0.6) is 0 Å². The number of rotatable bonds is 6. The summed E-state index contributed by atoms with van der Waals surface area (Å²) in [5, 5.41) is 13.6. The molecule has 1 heterocycles. The van der Waals surface area contributed by atoms with Gasteiger partial charge in [-0.1, -0.05) is 23.7 Å². The van der Waals surface area contributed by atoms with E-state index in [0.29, 0.717) is 32.6 Å². The van der Waals surface area contributed by atoms with Crippen LogP contribution >= 0.6 is 22.9 Å². The largest absolute Gasteiger partial charge is 0.462 e. The molecule has 0 spiro atoms. The van der Waals surface area contributed by atoms with E-state index in [4.69, 9.17) is 22.1 Å². The number of nitrogens with two attached hydrogens (primary N) is 1. The number of halogens is 1. The number of nitrogens with zero attached hydrogens (tertiary/aromatic N) is 1. The van der Waals surface area contributed by atoms with Gasteiger partial charge < -0.3 is 15.8 Å². The van der Waals surface area contributed by atoms with Crippen molar-refractivity contribution in [3.63, 3.8) is 0 Å². The summed E-state index contributed by atoms with van der Waals surface area (Å²) in [5.41, 5.74) is 7.84. The number of esters is 1. The van der Waals surface area contributed by atoms with Gasteiger partial charge >= 0.3 is 5.97 Å². The van der Waals surface area contributed by atoms with Gasteiger partial charge in [0.15, 0.2) is 0 Å². The summed E-state index contributed by atoms with van der Waals surface area (Å²) in [7, 11) is 0. The van der Waals surface area contributed by atoms with Crippen molar-refractivity contribution in [3.05, 3.63) is 50.9 Å². The number of hydrogen-bond acceptors (Lipinski definition) is 6. The van der Waals surface area contributed by atoms with E-state index in [9.17, 15) is 10.1 Å². The summed E-state index contributed by atoms with van der Waals surface area (Å²) in [6.07, 6.45) is 0. The summed E-state index contributed by atoms with van der Waals surface area (Å²) < 4.78 is 5.05. The first-order valence-corrected chi connectivity index (χ1v) is 8.64. The predicted molar refractivity (Wildman–Crippen MR) is 96.1 cm³/mol. The SMILES string of the molecule is CCOC(=O)c1sc(N)c(C#N)c1CN[C@@H](C)c1ccc(Cl)cc1. The molecule has 0 aliphatic rings. The van der Waals surface area contributed by atoms with Crippen LogP contribution in [0.15, 0.2) is 24.3 Å². The Kier molecular flexibility index (Phi) is 6.21. The Labute approximate surface area is 150 Å². The van der Waals surface area contributed by atoms with Gasteiger partial charge in [-0.05, 0) is 31.5 Å². The number of hydrogen-bond donors (Lipinski definition) is 2. The van der Waals surface area contributed by atoms with E-state index in [1.54, 1.807) is 6.92 Å². The first-order chi connectivity index (χ1) is 11.5. The third kappa shape index (κ3) is 4.06. The van der Waals surface area contributed by atoms with Gasteiger partial charge in [-0.25, -0.2) is 4.79 Å². The molecule has 0 saturated heterocycles. The van der Waals surface area contributed by atoms with E-state index in [2.05, 4.69) is 11.4 Å². The van der Waals surface area contributed by atoms with Crippen LogP contribution in [-0.4, -0.2) is 12.6 Å². The van der Waals surface area contributed by atoms with E-state index in [1.807, 2.05) is 31.2 Å². The molecule has 0 amide bonds. The zero-order chi connectivity index (χ0) is 17.7. The average molecular weight is 364 g/mol. The maximum atomic E-state index is 12.1. The fourth-order valence-electron chi connectivity index (χ4n) is 2.26. The second-order valence-corrected chi connectivity index (χ2v) is 6.62. The Balaban J connectivity index is 2.20. The molecule has 1 aromatic carbocycles. The number of carbonyl (C=O) groups is 1. The Morgan fingerprint density at radius 3 is 2.71 bits per heavy atom. The summed E-state index contributed by atoms with van der Waals surface area (Å²) in [6.45, 7) is 4.34. The fraction of sp³-hybridized carbons (Fsp3) is 0.294. The van der Waals surface area contributed by atoms with Crippen LogP contribution in [0.3, 0.4) is 0 Å². The molecular weight excluding hydrogens is 346 g/mol. The quantitative estimate of drug-likeness (QED) is 0.760. The van der Waals surface area contributed by atoms with E-state index in [-0.39, 0.29) is 12.6 Å². The minimum absolute atomic E-state index is 0.0185. The summed E-state index contributed by atoms with van der Waals surface area (Å²) >= 11 is 6.98. The van der Waals surface area contributed by atoms with Crippen LogP contribution in [0, 0.1) is 11.3 Å². The van der Waals surface area contributed by atoms with Gasteiger partial charge in [0, 0.05) is 23.2 Å². The standard InChI is InChI=1S/C17H18ClN3O2S/c1-3-23-17(22)15-14(13(8-19)16(20)24-15)9-21-10(2)11-4-6-12(18)7-5-11/h4-7,10,21H,3,9,20H2,1-2H3/t10-/m0/s1. The van der Waals surface area contributed by atoms with Crippen molar-refractivity contribution in [1.82, 2.24) is 5.32 Å². The lowest BCUT2D eigenvalue weighted by molar-refractivity contribution is 0.0530. The zero-order valence-corrected chi connectivity index (χ0v) is 15.0. The monoisotopic (exact) mass is 363 g/mol. The molecule has 0 fully saturated rings. The smallest absolute Gasteiger partial charge is 0.348 e. The van der Waals surface area contributed by atoms with E-state index in [1.165, 1.54) is 0 Å². The molecular formula is C17H18ClN3O2S. The van der Waals surface area contributed by atoms with Crippen LogP contribution in [0.25, 0.3) is 0 Å². The minimum Gasteiger partial charge on any atom is -0.462 e. The summed E-state index contributed by atoms with van der Waals surface area (Å²) in [6, 6.07) is 9.59. The van der Waals surface area contributed by atoms with Crippen molar-refractivity contribution < 1.29 is 9.53 Å². The third-order valence-electron chi connectivity index (χ3n) is 3.56. The van der Waals surface area contributed by atoms with Crippen molar-refractivity contribution in [3.8, 4) is 6.07 Å². The molecule has 3 N–H and O–H groups in total. The molecule has 24 heavy (non-hydrogen) atoms. The van der Waals surface area contributed by atoms with Gasteiger partial charge in [0.1, 0.15) is 15.9 Å². The molecule has 0 radical (unpaired) electrons. The molecule has 7 heteroatoms. The minimum atomic E-state index is -0.452. The normalized spacial score (nSPS) is 11.8. The van der Waals surface area contributed by atoms with Gasteiger partial charge in [-0.15, -0.1) is 11.3 Å². The van der Waals surface area contributed by atoms with Crippen molar-refractivity contribution in [2.24, 2.45) is 0 Å².